The van der Waals surface area contributed by atoms with E-state index in [1.807, 2.05) is 19.1 Å². The van der Waals surface area contributed by atoms with Gasteiger partial charge in [-0.05, 0) is 56.7 Å². The van der Waals surface area contributed by atoms with E-state index in [0.29, 0.717) is 30.4 Å². The minimum Gasteiger partial charge on any atom is -0.508 e. The number of rotatable bonds is 5. The topological polar surface area (TPSA) is 154 Å². The molecule has 1 aromatic rings. The monoisotopic (exact) mass is 638 g/mol. The number of nitrogens with one attached hydrogen (secondary N) is 2. The van der Waals surface area contributed by atoms with Crippen LogP contribution in [0.25, 0.3) is 0 Å². The maximum Gasteiger partial charge on any atom is 0.328 e. The predicted octanol–water partition coefficient (Wildman–Crippen LogP) is 5.39. The largest absolute Gasteiger partial charge is 0.508 e. The lowest BCUT2D eigenvalue weighted by molar-refractivity contribution is -0.156. The zero-order chi connectivity index (χ0) is 33.6. The molecule has 2 amide bonds. The van der Waals surface area contributed by atoms with Gasteiger partial charge in [0.1, 0.15) is 23.6 Å². The first kappa shape index (κ1) is 36.6. The van der Waals surface area contributed by atoms with Crippen molar-refractivity contribution in [3.8, 4) is 11.5 Å². The van der Waals surface area contributed by atoms with Crippen LogP contribution >= 0.6 is 0 Å². The van der Waals surface area contributed by atoms with Crippen LogP contribution in [-0.2, 0) is 30.3 Å². The lowest BCUT2D eigenvalue weighted by Crippen LogP contribution is -2.45. The van der Waals surface area contributed by atoms with Crippen molar-refractivity contribution in [1.29, 1.82) is 0 Å². The normalized spacial score (nSPS) is 27.8. The SMILES string of the molecule is COC1/C=C/C=C/C=C/CC(OC(=O)C(C)NC(=O)C2CCCCC2)C(C)C(O)/C(C)=C\CCc2cc(O)cc(c2O)NC(=O)C1. The number of aliphatic hydroxyl groups excluding tert-OH is 1. The molecule has 3 rings (SSSR count). The van der Waals surface area contributed by atoms with Crippen molar-refractivity contribution in [3.63, 3.8) is 0 Å². The van der Waals surface area contributed by atoms with Gasteiger partial charge in [0, 0.05) is 31.4 Å². The van der Waals surface area contributed by atoms with Gasteiger partial charge in [0.05, 0.1) is 24.3 Å². The van der Waals surface area contributed by atoms with Crippen molar-refractivity contribution >= 4 is 23.5 Å². The smallest absolute Gasteiger partial charge is 0.328 e. The summed E-state index contributed by atoms with van der Waals surface area (Å²) >= 11 is 0. The number of aryl methyl sites for hydroxylation is 1. The minimum atomic E-state index is -0.940. The number of fused-ring (bicyclic) bond motifs is 2. The fourth-order valence-corrected chi connectivity index (χ4v) is 5.76. The van der Waals surface area contributed by atoms with E-state index in [9.17, 15) is 29.7 Å². The molecule has 0 radical (unpaired) electrons. The van der Waals surface area contributed by atoms with Gasteiger partial charge in [-0.15, -0.1) is 0 Å². The molecule has 5 atom stereocenters. The molecule has 5 unspecified atom stereocenters. The molecule has 10 heteroatoms. The third kappa shape index (κ3) is 11.2. The molecule has 1 aliphatic heterocycles. The van der Waals surface area contributed by atoms with Gasteiger partial charge in [-0.25, -0.2) is 4.79 Å². The third-order valence-electron chi connectivity index (χ3n) is 8.69. The summed E-state index contributed by atoms with van der Waals surface area (Å²) < 4.78 is 11.3. The van der Waals surface area contributed by atoms with Gasteiger partial charge in [-0.3, -0.25) is 9.59 Å². The van der Waals surface area contributed by atoms with E-state index in [-0.39, 0.29) is 35.4 Å². The Morgan fingerprint density at radius 2 is 1.78 bits per heavy atom. The van der Waals surface area contributed by atoms with E-state index >= 15 is 0 Å². The molecule has 1 aromatic carbocycles. The minimum absolute atomic E-state index is 0.00853. The zero-order valence-electron chi connectivity index (χ0n) is 27.4. The Kier molecular flexibility index (Phi) is 14.6. The predicted molar refractivity (Wildman–Crippen MR) is 177 cm³/mol. The number of carbonyl (C=O) groups is 3. The van der Waals surface area contributed by atoms with Crippen LogP contribution in [0.15, 0.2) is 60.2 Å². The molecule has 2 aliphatic rings. The Bertz CT molecular complexity index is 1310. The molecule has 1 aliphatic carbocycles. The number of aromatic hydroxyl groups is 2. The highest BCUT2D eigenvalue weighted by atomic mass is 16.5. The molecule has 0 saturated heterocycles. The third-order valence-corrected chi connectivity index (χ3v) is 8.69. The summed E-state index contributed by atoms with van der Waals surface area (Å²) in [6.07, 6.45) is 16.2. The summed E-state index contributed by atoms with van der Waals surface area (Å²) in [7, 11) is 1.49. The highest BCUT2D eigenvalue weighted by molar-refractivity contribution is 5.93. The summed E-state index contributed by atoms with van der Waals surface area (Å²) in [5, 5.41) is 37.8. The van der Waals surface area contributed by atoms with Crippen LogP contribution in [0.3, 0.4) is 0 Å². The van der Waals surface area contributed by atoms with Crippen LogP contribution in [0.5, 0.6) is 11.5 Å². The van der Waals surface area contributed by atoms with E-state index in [2.05, 4.69) is 10.6 Å². The van der Waals surface area contributed by atoms with E-state index in [4.69, 9.17) is 9.47 Å². The standard InChI is InChI=1S/C36H50N2O8/c1-23-14-13-17-27-20-28(39)21-30(34(27)42)38-32(40)22-29(45-4)18-11-6-5-7-12-19-31(24(2)33(23)41)46-36(44)25(3)37-35(43)26-15-9-8-10-16-26/h5-7,11-12,14,18,20-21,24-26,29,31,33,39,41-42H,8-10,13,15-17,19,22H2,1-4H3,(H,37,43)(H,38,40)/b6-5+,12-7+,18-11+,23-14-. The Morgan fingerprint density at radius 3 is 2.50 bits per heavy atom. The molecule has 1 saturated carbocycles. The number of anilines is 1. The first-order valence-corrected chi connectivity index (χ1v) is 16.2. The molecule has 5 N–H and O–H groups in total. The van der Waals surface area contributed by atoms with Crippen LogP contribution in [0.2, 0.25) is 0 Å². The van der Waals surface area contributed by atoms with E-state index < -0.39 is 42.1 Å². The zero-order valence-corrected chi connectivity index (χ0v) is 27.4. The van der Waals surface area contributed by atoms with Gasteiger partial charge in [-0.2, -0.15) is 0 Å². The number of phenolic OH excluding ortho intramolecular Hbond substituents is 2. The highest BCUT2D eigenvalue weighted by Gasteiger charge is 2.31. The van der Waals surface area contributed by atoms with Gasteiger partial charge in [0.15, 0.2) is 0 Å². The number of allylic oxidation sites excluding steroid dienone is 5. The second kappa shape index (κ2) is 18.3. The number of carbonyl (C=O) groups excluding carboxylic acids is 3. The van der Waals surface area contributed by atoms with Crippen LogP contribution in [0.1, 0.15) is 77.7 Å². The van der Waals surface area contributed by atoms with Gasteiger partial charge >= 0.3 is 5.97 Å². The number of hydrogen-bond donors (Lipinski definition) is 5. The average molecular weight is 639 g/mol. The Morgan fingerprint density at radius 1 is 1.07 bits per heavy atom. The summed E-state index contributed by atoms with van der Waals surface area (Å²) in [5.41, 5.74) is 1.19. The first-order chi connectivity index (χ1) is 22.0. The van der Waals surface area contributed by atoms with Gasteiger partial charge in [0.2, 0.25) is 11.8 Å². The quantitative estimate of drug-likeness (QED) is 0.125. The molecule has 46 heavy (non-hydrogen) atoms. The van der Waals surface area contributed by atoms with Crippen molar-refractivity contribution in [2.24, 2.45) is 11.8 Å². The van der Waals surface area contributed by atoms with Crippen LogP contribution in [0.4, 0.5) is 5.69 Å². The van der Waals surface area contributed by atoms with Crippen molar-refractivity contribution in [3.05, 3.63) is 65.8 Å². The second-order valence-electron chi connectivity index (χ2n) is 12.3. The maximum absolute atomic E-state index is 13.1. The van der Waals surface area contributed by atoms with Crippen LogP contribution in [0, 0.1) is 11.8 Å². The number of amides is 2. The fourth-order valence-electron chi connectivity index (χ4n) is 5.76. The van der Waals surface area contributed by atoms with Crippen molar-refractivity contribution in [2.75, 3.05) is 12.4 Å². The van der Waals surface area contributed by atoms with E-state index in [0.717, 1.165) is 32.1 Å². The van der Waals surface area contributed by atoms with Crippen molar-refractivity contribution in [1.82, 2.24) is 5.32 Å². The summed E-state index contributed by atoms with van der Waals surface area (Å²) in [4.78, 5) is 38.6. The molecule has 1 heterocycles. The average Bonchev–Trinajstić information content (AvgIpc) is 3.04. The van der Waals surface area contributed by atoms with E-state index in [1.165, 1.54) is 19.2 Å². The van der Waals surface area contributed by atoms with Gasteiger partial charge < -0.3 is 35.4 Å². The molecule has 1 fully saturated rings. The van der Waals surface area contributed by atoms with E-state index in [1.54, 1.807) is 44.2 Å². The number of aliphatic hydroxyl groups is 1. The second-order valence-corrected chi connectivity index (χ2v) is 12.3. The lowest BCUT2D eigenvalue weighted by Gasteiger charge is -2.29. The molecule has 0 aromatic heterocycles. The molecule has 2 bridgehead atoms. The molecular formula is C36H50N2O8. The van der Waals surface area contributed by atoms with Crippen LogP contribution < -0.4 is 10.6 Å². The number of ether oxygens (including phenoxy) is 2. The Balaban J connectivity index is 1.82. The molecule has 0 spiro atoms. The summed E-state index contributed by atoms with van der Waals surface area (Å²) in [6.45, 7) is 5.22. The van der Waals surface area contributed by atoms with Crippen molar-refractivity contribution < 1.29 is 39.2 Å². The highest BCUT2D eigenvalue weighted by Crippen LogP contribution is 2.34. The fraction of sp³-hybridized carbons (Fsp3) is 0.528. The lowest BCUT2D eigenvalue weighted by atomic mass is 9.88. The summed E-state index contributed by atoms with van der Waals surface area (Å²) in [5.74, 6) is -1.90. The number of phenols is 2. The van der Waals surface area contributed by atoms with Crippen LogP contribution in [-0.4, -0.2) is 64.6 Å². The molecular weight excluding hydrogens is 588 g/mol. The first-order valence-electron chi connectivity index (χ1n) is 16.2. The van der Waals surface area contributed by atoms with Gasteiger partial charge in [0.25, 0.3) is 0 Å². The molecule has 10 nitrogen and oxygen atoms in total. The number of benzene rings is 1. The maximum atomic E-state index is 13.1. The summed E-state index contributed by atoms with van der Waals surface area (Å²) in [6, 6.07) is 1.89. The Hall–Kier alpha value is -3.89. The van der Waals surface area contributed by atoms with Gasteiger partial charge in [-0.1, -0.05) is 68.7 Å². The Labute approximate surface area is 272 Å². The number of hydrogen-bond acceptors (Lipinski definition) is 8. The van der Waals surface area contributed by atoms with Crippen molar-refractivity contribution in [2.45, 2.75) is 103 Å². The molecule has 252 valence electrons. The number of esters is 1. The number of methoxy groups -OCH3 is 1.